The van der Waals surface area contributed by atoms with Gasteiger partial charge in [-0.1, -0.05) is 12.8 Å². The van der Waals surface area contributed by atoms with Gasteiger partial charge in [-0.15, -0.1) is 0 Å². The normalized spacial score (nSPS) is 23.1. The lowest BCUT2D eigenvalue weighted by molar-refractivity contribution is -0.122. The molecule has 3 nitrogen and oxygen atoms in total. The van der Waals surface area contributed by atoms with Crippen LogP contribution >= 0.6 is 0 Å². The molecule has 1 saturated carbocycles. The van der Waals surface area contributed by atoms with Crippen molar-refractivity contribution in [2.24, 2.45) is 11.8 Å². The minimum Gasteiger partial charge on any atom is -0.356 e. The lowest BCUT2D eigenvalue weighted by atomic mass is 9.95. The molecule has 1 aliphatic heterocycles. The zero-order chi connectivity index (χ0) is 13.7. The van der Waals surface area contributed by atoms with Gasteiger partial charge in [0.2, 0.25) is 5.91 Å². The van der Waals surface area contributed by atoms with Crippen LogP contribution in [0.4, 0.5) is 0 Å². The number of carbonyl (C=O) groups excluding carboxylic acids is 1. The second-order valence-corrected chi connectivity index (χ2v) is 6.73. The molecule has 2 rings (SSSR count). The first-order valence-electron chi connectivity index (χ1n) is 8.16. The van der Waals surface area contributed by atoms with E-state index in [0.29, 0.717) is 17.9 Å². The fraction of sp³-hybridized carbons (Fsp3) is 0.938. The van der Waals surface area contributed by atoms with Gasteiger partial charge < -0.3 is 10.2 Å². The molecule has 0 spiro atoms. The average molecular weight is 266 g/mol. The molecule has 0 unspecified atom stereocenters. The van der Waals surface area contributed by atoms with Crippen molar-refractivity contribution in [3.05, 3.63) is 0 Å². The fourth-order valence-electron chi connectivity index (χ4n) is 3.48. The van der Waals surface area contributed by atoms with Gasteiger partial charge in [-0.2, -0.15) is 0 Å². The number of piperidine rings is 1. The van der Waals surface area contributed by atoms with Gasteiger partial charge in [0.05, 0.1) is 0 Å². The number of likely N-dealkylation sites (tertiary alicyclic amines) is 1. The standard InChI is InChI=1S/C16H30N2O/c1-13(2)18-9-7-15(8-10-18)12-17-16(19)11-14-5-3-4-6-14/h13-15H,3-12H2,1-2H3,(H,17,19). The van der Waals surface area contributed by atoms with Crippen LogP contribution in [0, 0.1) is 11.8 Å². The van der Waals surface area contributed by atoms with Crippen LogP contribution in [0.3, 0.4) is 0 Å². The lowest BCUT2D eigenvalue weighted by Crippen LogP contribution is -2.41. The molecule has 2 fully saturated rings. The van der Waals surface area contributed by atoms with E-state index in [4.69, 9.17) is 0 Å². The van der Waals surface area contributed by atoms with E-state index in [2.05, 4.69) is 24.1 Å². The van der Waals surface area contributed by atoms with Gasteiger partial charge in [0.1, 0.15) is 0 Å². The van der Waals surface area contributed by atoms with Crippen molar-refractivity contribution < 1.29 is 4.79 Å². The number of hydrogen-bond donors (Lipinski definition) is 1. The summed E-state index contributed by atoms with van der Waals surface area (Å²) in [5, 5.41) is 3.17. The molecule has 0 aromatic carbocycles. The number of nitrogens with one attached hydrogen (secondary N) is 1. The van der Waals surface area contributed by atoms with E-state index < -0.39 is 0 Å². The third kappa shape index (κ3) is 4.79. The van der Waals surface area contributed by atoms with Gasteiger partial charge in [-0.3, -0.25) is 4.79 Å². The van der Waals surface area contributed by atoms with Crippen LogP contribution in [-0.2, 0) is 4.79 Å². The Morgan fingerprint density at radius 1 is 1.11 bits per heavy atom. The average Bonchev–Trinajstić information content (AvgIpc) is 2.89. The van der Waals surface area contributed by atoms with Crippen molar-refractivity contribution in [3.8, 4) is 0 Å². The zero-order valence-corrected chi connectivity index (χ0v) is 12.7. The summed E-state index contributed by atoms with van der Waals surface area (Å²) in [4.78, 5) is 14.4. The molecular weight excluding hydrogens is 236 g/mol. The van der Waals surface area contributed by atoms with Crippen LogP contribution in [0.5, 0.6) is 0 Å². The minimum atomic E-state index is 0.290. The molecule has 0 bridgehead atoms. The van der Waals surface area contributed by atoms with Crippen LogP contribution in [0.1, 0.15) is 58.8 Å². The Bertz CT molecular complexity index is 276. The number of rotatable bonds is 5. The number of nitrogens with zero attached hydrogens (tertiary/aromatic N) is 1. The van der Waals surface area contributed by atoms with Crippen LogP contribution in [0.25, 0.3) is 0 Å². The highest BCUT2D eigenvalue weighted by Gasteiger charge is 2.22. The Morgan fingerprint density at radius 2 is 1.74 bits per heavy atom. The largest absolute Gasteiger partial charge is 0.356 e. The van der Waals surface area contributed by atoms with E-state index in [1.165, 1.54) is 51.6 Å². The highest BCUT2D eigenvalue weighted by molar-refractivity contribution is 5.76. The minimum absolute atomic E-state index is 0.290. The maximum absolute atomic E-state index is 11.9. The fourth-order valence-corrected chi connectivity index (χ4v) is 3.48. The third-order valence-electron chi connectivity index (χ3n) is 4.92. The molecule has 0 aromatic rings. The van der Waals surface area contributed by atoms with Crippen LogP contribution in [0.2, 0.25) is 0 Å². The van der Waals surface area contributed by atoms with Crippen molar-refractivity contribution in [3.63, 3.8) is 0 Å². The Kier molecular flexibility index (Phi) is 5.68. The molecule has 0 radical (unpaired) electrons. The topological polar surface area (TPSA) is 32.3 Å². The van der Waals surface area contributed by atoms with Crippen LogP contribution in [-0.4, -0.2) is 36.5 Å². The molecule has 0 atom stereocenters. The van der Waals surface area contributed by atoms with Crippen molar-refractivity contribution in [1.82, 2.24) is 10.2 Å². The molecule has 0 aromatic heterocycles. The van der Waals surface area contributed by atoms with E-state index in [1.807, 2.05) is 0 Å². The zero-order valence-electron chi connectivity index (χ0n) is 12.7. The Morgan fingerprint density at radius 3 is 2.32 bits per heavy atom. The molecule has 19 heavy (non-hydrogen) atoms. The first kappa shape index (κ1) is 14.8. The quantitative estimate of drug-likeness (QED) is 0.830. The summed E-state index contributed by atoms with van der Waals surface area (Å²) in [5.74, 6) is 1.66. The van der Waals surface area contributed by atoms with Gasteiger partial charge in [-0.25, -0.2) is 0 Å². The van der Waals surface area contributed by atoms with Gasteiger partial charge in [0, 0.05) is 19.0 Å². The Labute approximate surface area is 118 Å². The summed E-state index contributed by atoms with van der Waals surface area (Å²) >= 11 is 0. The highest BCUT2D eigenvalue weighted by atomic mass is 16.1. The van der Waals surface area contributed by atoms with E-state index in [-0.39, 0.29) is 5.91 Å². The monoisotopic (exact) mass is 266 g/mol. The van der Waals surface area contributed by atoms with E-state index in [9.17, 15) is 4.79 Å². The summed E-state index contributed by atoms with van der Waals surface area (Å²) in [6, 6.07) is 0.665. The van der Waals surface area contributed by atoms with Gasteiger partial charge in [0.25, 0.3) is 0 Å². The molecule has 1 N–H and O–H groups in total. The van der Waals surface area contributed by atoms with Gasteiger partial charge in [0.15, 0.2) is 0 Å². The van der Waals surface area contributed by atoms with E-state index in [0.717, 1.165) is 13.0 Å². The van der Waals surface area contributed by atoms with Gasteiger partial charge in [-0.05, 0) is 64.5 Å². The second-order valence-electron chi connectivity index (χ2n) is 6.73. The first-order chi connectivity index (χ1) is 9.15. The molecular formula is C16H30N2O. The Balaban J connectivity index is 1.59. The Hall–Kier alpha value is -0.570. The molecule has 2 aliphatic rings. The summed E-state index contributed by atoms with van der Waals surface area (Å²) in [6.07, 6.45) is 8.42. The SMILES string of the molecule is CC(C)N1CCC(CNC(=O)CC2CCCC2)CC1. The highest BCUT2D eigenvalue weighted by Crippen LogP contribution is 2.27. The maximum atomic E-state index is 11.9. The van der Waals surface area contributed by atoms with Crippen LogP contribution < -0.4 is 5.32 Å². The molecule has 110 valence electrons. The van der Waals surface area contributed by atoms with Crippen molar-refractivity contribution in [1.29, 1.82) is 0 Å². The van der Waals surface area contributed by atoms with E-state index >= 15 is 0 Å². The molecule has 1 amide bonds. The number of amides is 1. The summed E-state index contributed by atoms with van der Waals surface area (Å²) < 4.78 is 0. The van der Waals surface area contributed by atoms with Crippen molar-refractivity contribution >= 4 is 5.91 Å². The summed E-state index contributed by atoms with van der Waals surface area (Å²) in [5.41, 5.74) is 0. The molecule has 1 saturated heterocycles. The van der Waals surface area contributed by atoms with Crippen molar-refractivity contribution in [2.75, 3.05) is 19.6 Å². The molecule has 1 heterocycles. The summed E-state index contributed by atoms with van der Waals surface area (Å²) in [6.45, 7) is 7.83. The van der Waals surface area contributed by atoms with E-state index in [1.54, 1.807) is 0 Å². The first-order valence-corrected chi connectivity index (χ1v) is 8.16. The summed E-state index contributed by atoms with van der Waals surface area (Å²) in [7, 11) is 0. The number of hydrogen-bond acceptors (Lipinski definition) is 2. The molecule has 3 heteroatoms. The lowest BCUT2D eigenvalue weighted by Gasteiger charge is -2.34. The smallest absolute Gasteiger partial charge is 0.220 e. The number of carbonyl (C=O) groups is 1. The van der Waals surface area contributed by atoms with Crippen molar-refractivity contribution in [2.45, 2.75) is 64.8 Å². The molecule has 1 aliphatic carbocycles. The second kappa shape index (κ2) is 7.28. The van der Waals surface area contributed by atoms with Crippen LogP contribution in [0.15, 0.2) is 0 Å². The predicted octanol–water partition coefficient (Wildman–Crippen LogP) is 2.80. The van der Waals surface area contributed by atoms with Gasteiger partial charge >= 0.3 is 0 Å². The maximum Gasteiger partial charge on any atom is 0.220 e. The predicted molar refractivity (Wildman–Crippen MR) is 79.0 cm³/mol. The third-order valence-corrected chi connectivity index (χ3v) is 4.92.